The first-order valence-corrected chi connectivity index (χ1v) is 19.0. The standard InChI is InChI=1S/C37H49N7O5S/c1-26(2)33-35-40-34(27-11-6-4-7-12-27)41-44(35)23-22-43(21-10-13-31(45)38-30(18-24-50-3)36(47)39-33)37(48)28-14-16-29(17-15-28)49-25-32(46)42-19-8-5-9-20-42/h4,6-7,11-12,14-17,26,30,33H,5,8-10,13,18-25H2,1-3H3,(H,38,45)(H,39,47)/t30-,33+/m0/s1. The molecule has 2 aromatic carbocycles. The van der Waals surface area contributed by atoms with Crippen LogP contribution in [0, 0.1) is 5.92 Å². The molecule has 0 radical (unpaired) electrons. The van der Waals surface area contributed by atoms with E-state index in [0.717, 1.165) is 37.9 Å². The molecule has 0 bridgehead atoms. The number of aromatic nitrogens is 3. The number of nitrogens with zero attached hydrogens (tertiary/aromatic N) is 5. The highest BCUT2D eigenvalue weighted by molar-refractivity contribution is 7.98. The first kappa shape index (κ1) is 36.9. The van der Waals surface area contributed by atoms with Gasteiger partial charge in [0.15, 0.2) is 18.3 Å². The fourth-order valence-electron chi connectivity index (χ4n) is 6.23. The summed E-state index contributed by atoms with van der Waals surface area (Å²) in [4.78, 5) is 61.7. The predicted molar refractivity (Wildman–Crippen MR) is 194 cm³/mol. The van der Waals surface area contributed by atoms with Crippen LogP contribution in [-0.4, -0.2) is 99.0 Å². The highest BCUT2D eigenvalue weighted by atomic mass is 32.2. The minimum atomic E-state index is -0.697. The summed E-state index contributed by atoms with van der Waals surface area (Å²) in [5, 5.41) is 11.0. The van der Waals surface area contributed by atoms with Crippen LogP contribution in [-0.2, 0) is 20.9 Å². The number of amides is 4. The molecule has 13 heteroatoms. The van der Waals surface area contributed by atoms with Gasteiger partial charge in [0.25, 0.3) is 11.8 Å². The number of ether oxygens (including phenoxy) is 1. The number of hydrogen-bond acceptors (Lipinski definition) is 8. The fraction of sp³-hybridized carbons (Fsp3) is 0.514. The Balaban J connectivity index is 1.38. The number of benzene rings is 2. The molecular weight excluding hydrogens is 655 g/mol. The van der Waals surface area contributed by atoms with Crippen LogP contribution in [0.25, 0.3) is 11.4 Å². The van der Waals surface area contributed by atoms with Gasteiger partial charge in [-0.3, -0.25) is 19.2 Å². The van der Waals surface area contributed by atoms with E-state index in [1.807, 2.05) is 55.3 Å². The van der Waals surface area contributed by atoms with E-state index < -0.39 is 12.1 Å². The van der Waals surface area contributed by atoms with E-state index in [9.17, 15) is 19.2 Å². The molecule has 1 aromatic heterocycles. The zero-order chi connectivity index (χ0) is 35.5. The van der Waals surface area contributed by atoms with Crippen molar-refractivity contribution >= 4 is 35.4 Å². The number of likely N-dealkylation sites (tertiary alicyclic amines) is 1. The third-order valence-corrected chi connectivity index (χ3v) is 9.75. The third-order valence-electron chi connectivity index (χ3n) is 9.11. The van der Waals surface area contributed by atoms with Gasteiger partial charge in [-0.2, -0.15) is 16.9 Å². The van der Waals surface area contributed by atoms with Gasteiger partial charge in [0.05, 0.1) is 12.6 Å². The lowest BCUT2D eigenvalue weighted by molar-refractivity contribution is -0.134. The highest BCUT2D eigenvalue weighted by Crippen LogP contribution is 2.25. The van der Waals surface area contributed by atoms with Crippen LogP contribution in [0.5, 0.6) is 5.75 Å². The molecule has 3 heterocycles. The van der Waals surface area contributed by atoms with E-state index in [4.69, 9.17) is 14.8 Å². The van der Waals surface area contributed by atoms with Gasteiger partial charge >= 0.3 is 0 Å². The monoisotopic (exact) mass is 703 g/mol. The van der Waals surface area contributed by atoms with Crippen molar-refractivity contribution < 1.29 is 23.9 Å². The van der Waals surface area contributed by atoms with Gasteiger partial charge in [0.2, 0.25) is 11.8 Å². The quantitative estimate of drug-likeness (QED) is 0.336. The molecular formula is C37H49N7O5S. The normalized spacial score (nSPS) is 19.3. The van der Waals surface area contributed by atoms with Gasteiger partial charge < -0.3 is 25.2 Å². The Morgan fingerprint density at radius 1 is 0.900 bits per heavy atom. The number of piperidine rings is 1. The van der Waals surface area contributed by atoms with E-state index in [2.05, 4.69) is 10.6 Å². The number of rotatable bonds is 9. The zero-order valence-corrected chi connectivity index (χ0v) is 30.1. The third kappa shape index (κ3) is 9.86. The minimum Gasteiger partial charge on any atom is -0.484 e. The molecule has 0 saturated carbocycles. The van der Waals surface area contributed by atoms with Gasteiger partial charge in [-0.25, -0.2) is 9.67 Å². The molecule has 2 aliphatic rings. The van der Waals surface area contributed by atoms with E-state index in [1.165, 1.54) is 0 Å². The minimum absolute atomic E-state index is 0.0301. The number of carbonyl (C=O) groups is 4. The summed E-state index contributed by atoms with van der Waals surface area (Å²) in [6, 6.07) is 15.3. The van der Waals surface area contributed by atoms with Crippen LogP contribution in [0.3, 0.4) is 0 Å². The van der Waals surface area contributed by atoms with E-state index >= 15 is 0 Å². The number of nitrogens with one attached hydrogen (secondary N) is 2. The van der Waals surface area contributed by atoms with Crippen molar-refractivity contribution in [2.24, 2.45) is 5.92 Å². The van der Waals surface area contributed by atoms with Crippen LogP contribution in [0.15, 0.2) is 54.6 Å². The van der Waals surface area contributed by atoms with Crippen molar-refractivity contribution in [3.05, 3.63) is 66.0 Å². The van der Waals surface area contributed by atoms with Crippen LogP contribution in [0.2, 0.25) is 0 Å². The first-order chi connectivity index (χ1) is 24.2. The first-order valence-electron chi connectivity index (χ1n) is 17.6. The lowest BCUT2D eigenvalue weighted by Crippen LogP contribution is -2.49. The maximum absolute atomic E-state index is 13.9. The highest BCUT2D eigenvalue weighted by Gasteiger charge is 2.30. The van der Waals surface area contributed by atoms with Gasteiger partial charge in [0.1, 0.15) is 11.8 Å². The van der Waals surface area contributed by atoms with E-state index in [0.29, 0.717) is 61.2 Å². The molecule has 2 atom stereocenters. The van der Waals surface area contributed by atoms with Crippen LogP contribution in [0.1, 0.15) is 74.6 Å². The number of fused-ring (bicyclic) bond motifs is 1. The van der Waals surface area contributed by atoms with Crippen LogP contribution in [0.4, 0.5) is 0 Å². The Morgan fingerprint density at radius 3 is 2.32 bits per heavy atom. The van der Waals surface area contributed by atoms with Crippen molar-refractivity contribution in [1.29, 1.82) is 0 Å². The summed E-state index contributed by atoms with van der Waals surface area (Å²) in [6.45, 7) is 6.49. The van der Waals surface area contributed by atoms with Gasteiger partial charge in [-0.1, -0.05) is 44.2 Å². The number of hydrogen-bond donors (Lipinski definition) is 2. The molecule has 2 N–H and O–H groups in total. The largest absolute Gasteiger partial charge is 0.484 e. The molecule has 3 aromatic rings. The topological polar surface area (TPSA) is 139 Å². The Bertz CT molecular complexity index is 1590. The Labute approximate surface area is 298 Å². The molecule has 1 fully saturated rings. The summed E-state index contributed by atoms with van der Waals surface area (Å²) >= 11 is 1.62. The summed E-state index contributed by atoms with van der Waals surface area (Å²) in [7, 11) is 0. The second-order valence-corrected chi connectivity index (χ2v) is 14.2. The van der Waals surface area contributed by atoms with E-state index in [1.54, 1.807) is 45.6 Å². The van der Waals surface area contributed by atoms with Crippen LogP contribution >= 0.6 is 11.8 Å². The maximum Gasteiger partial charge on any atom is 0.260 e. The summed E-state index contributed by atoms with van der Waals surface area (Å²) in [5.74, 6) is 1.61. The SMILES string of the molecule is CSCC[C@@H]1NC(=O)CCCN(C(=O)c2ccc(OCC(=O)N3CCCCC3)cc2)CCn2nc(-c3ccccc3)nc2[C@@H](C(C)C)NC1=O. The van der Waals surface area contributed by atoms with Crippen molar-refractivity contribution in [2.45, 2.75) is 71.0 Å². The predicted octanol–water partition coefficient (Wildman–Crippen LogP) is 4.32. The zero-order valence-electron chi connectivity index (χ0n) is 29.3. The molecule has 0 aliphatic carbocycles. The van der Waals surface area contributed by atoms with Crippen molar-refractivity contribution in [2.75, 3.05) is 44.8 Å². The van der Waals surface area contributed by atoms with Gasteiger partial charge in [0, 0.05) is 43.7 Å². The second-order valence-electron chi connectivity index (χ2n) is 13.2. The van der Waals surface area contributed by atoms with Crippen molar-refractivity contribution in [3.63, 3.8) is 0 Å². The summed E-state index contributed by atoms with van der Waals surface area (Å²) < 4.78 is 7.56. The molecule has 0 spiro atoms. The van der Waals surface area contributed by atoms with Crippen LogP contribution < -0.4 is 15.4 Å². The Kier molecular flexibility index (Phi) is 13.3. The Hall–Kier alpha value is -4.39. The second kappa shape index (κ2) is 18.0. The smallest absolute Gasteiger partial charge is 0.260 e. The van der Waals surface area contributed by atoms with Gasteiger partial charge in [-0.15, -0.1) is 0 Å². The molecule has 12 nitrogen and oxygen atoms in total. The fourth-order valence-corrected chi connectivity index (χ4v) is 6.70. The average molecular weight is 704 g/mol. The Morgan fingerprint density at radius 2 is 1.62 bits per heavy atom. The average Bonchev–Trinajstić information content (AvgIpc) is 3.56. The lowest BCUT2D eigenvalue weighted by Gasteiger charge is -2.28. The lowest BCUT2D eigenvalue weighted by atomic mass is 10.0. The van der Waals surface area contributed by atoms with E-state index in [-0.39, 0.29) is 42.6 Å². The van der Waals surface area contributed by atoms with Crippen molar-refractivity contribution in [1.82, 2.24) is 35.2 Å². The maximum atomic E-state index is 13.9. The molecule has 1 saturated heterocycles. The van der Waals surface area contributed by atoms with Gasteiger partial charge in [-0.05, 0) is 74.3 Å². The number of thioether (sulfide) groups is 1. The summed E-state index contributed by atoms with van der Waals surface area (Å²) in [6.07, 6.45) is 6.23. The van der Waals surface area contributed by atoms with Crippen molar-refractivity contribution in [3.8, 4) is 17.1 Å². The molecule has 4 amide bonds. The molecule has 50 heavy (non-hydrogen) atoms. The number of carbonyl (C=O) groups excluding carboxylic acids is 4. The molecule has 2 aliphatic heterocycles. The molecule has 0 unspecified atom stereocenters. The summed E-state index contributed by atoms with van der Waals surface area (Å²) in [5.41, 5.74) is 1.32. The molecule has 5 rings (SSSR count). The molecule has 268 valence electrons.